The van der Waals surface area contributed by atoms with Crippen LogP contribution in [0.15, 0.2) is 30.3 Å². The summed E-state index contributed by atoms with van der Waals surface area (Å²) in [6.45, 7) is 8.02. The normalized spacial score (nSPS) is 10.6. The van der Waals surface area contributed by atoms with Crippen molar-refractivity contribution in [2.24, 2.45) is 0 Å². The molecular formula is C22H26ClNO5. The van der Waals surface area contributed by atoms with Crippen molar-refractivity contribution in [2.45, 2.75) is 33.6 Å². The number of ether oxygens (including phenoxy) is 3. The molecule has 0 fully saturated rings. The number of benzene rings is 2. The lowest BCUT2D eigenvalue weighted by atomic mass is 9.98. The van der Waals surface area contributed by atoms with Gasteiger partial charge in [0.05, 0.1) is 24.4 Å². The van der Waals surface area contributed by atoms with Crippen LogP contribution in [0, 0.1) is 6.92 Å². The van der Waals surface area contributed by atoms with Crippen LogP contribution in [0.4, 0.5) is 5.69 Å². The van der Waals surface area contributed by atoms with E-state index in [0.29, 0.717) is 17.4 Å². The number of amides is 1. The summed E-state index contributed by atoms with van der Waals surface area (Å²) >= 11 is 6.21. The predicted octanol–water partition coefficient (Wildman–Crippen LogP) is 4.97. The molecule has 0 saturated carbocycles. The molecule has 0 radical (unpaired) electrons. The maximum atomic E-state index is 12.3. The quantitative estimate of drug-likeness (QED) is 0.611. The van der Waals surface area contributed by atoms with Crippen LogP contribution in [0.5, 0.6) is 11.5 Å². The molecule has 0 bridgehead atoms. The number of hydrogen-bond acceptors (Lipinski definition) is 5. The van der Waals surface area contributed by atoms with Gasteiger partial charge in [-0.15, -0.1) is 0 Å². The summed E-state index contributed by atoms with van der Waals surface area (Å²) in [4.78, 5) is 24.3. The van der Waals surface area contributed by atoms with Gasteiger partial charge in [0.2, 0.25) is 0 Å². The van der Waals surface area contributed by atoms with Gasteiger partial charge in [-0.05, 0) is 49.1 Å². The number of halogens is 1. The van der Waals surface area contributed by atoms with Crippen LogP contribution in [0.25, 0.3) is 0 Å². The second kappa shape index (κ2) is 10.2. The fraction of sp³-hybridized carbons (Fsp3) is 0.364. The van der Waals surface area contributed by atoms with E-state index in [4.69, 9.17) is 25.8 Å². The first kappa shape index (κ1) is 22.6. The fourth-order valence-electron chi connectivity index (χ4n) is 2.91. The molecule has 156 valence electrons. The van der Waals surface area contributed by atoms with Crippen molar-refractivity contribution in [3.05, 3.63) is 52.0 Å². The molecule has 1 N–H and O–H groups in total. The summed E-state index contributed by atoms with van der Waals surface area (Å²) in [6.07, 6.45) is 0. The Morgan fingerprint density at radius 3 is 2.48 bits per heavy atom. The molecular weight excluding hydrogens is 394 g/mol. The van der Waals surface area contributed by atoms with Crippen LogP contribution in [-0.4, -0.2) is 32.2 Å². The van der Waals surface area contributed by atoms with Crippen molar-refractivity contribution in [1.82, 2.24) is 0 Å². The Morgan fingerprint density at radius 2 is 1.90 bits per heavy atom. The first-order valence-electron chi connectivity index (χ1n) is 9.34. The molecule has 6 nitrogen and oxygen atoms in total. The molecule has 2 rings (SSSR count). The summed E-state index contributed by atoms with van der Waals surface area (Å²) < 4.78 is 15.8. The van der Waals surface area contributed by atoms with Gasteiger partial charge in [-0.2, -0.15) is 0 Å². The topological polar surface area (TPSA) is 73.9 Å². The molecule has 0 saturated heterocycles. The third-order valence-electron chi connectivity index (χ3n) is 4.29. The van der Waals surface area contributed by atoms with Crippen molar-refractivity contribution in [3.8, 4) is 11.5 Å². The minimum atomic E-state index is -0.548. The standard InChI is InChI=1S/C22H26ClNO5/c1-6-28-22(26)17-10-18(23)19(11-20(17)27-5)24-21(25)12-29-15-7-8-16(13(2)3)14(4)9-15/h7-11,13H,6,12H2,1-5H3,(H,24,25). The molecule has 1 amide bonds. The summed E-state index contributed by atoms with van der Waals surface area (Å²) in [6, 6.07) is 8.65. The third kappa shape index (κ3) is 5.87. The largest absolute Gasteiger partial charge is 0.496 e. The number of methoxy groups -OCH3 is 1. The number of carbonyl (C=O) groups is 2. The molecule has 2 aromatic carbocycles. The Bertz CT molecular complexity index is 895. The molecule has 0 unspecified atom stereocenters. The number of rotatable bonds is 8. The Hall–Kier alpha value is -2.73. The number of carbonyl (C=O) groups excluding carboxylic acids is 2. The van der Waals surface area contributed by atoms with E-state index in [9.17, 15) is 9.59 Å². The van der Waals surface area contributed by atoms with Gasteiger partial charge >= 0.3 is 5.97 Å². The summed E-state index contributed by atoms with van der Waals surface area (Å²) in [7, 11) is 1.42. The Balaban J connectivity index is 2.07. The van der Waals surface area contributed by atoms with Gasteiger partial charge < -0.3 is 19.5 Å². The lowest BCUT2D eigenvalue weighted by Gasteiger charge is -2.14. The fourth-order valence-corrected chi connectivity index (χ4v) is 3.12. The third-order valence-corrected chi connectivity index (χ3v) is 4.60. The molecule has 0 aliphatic rings. The molecule has 0 atom stereocenters. The van der Waals surface area contributed by atoms with E-state index in [2.05, 4.69) is 19.2 Å². The van der Waals surface area contributed by atoms with E-state index in [1.807, 2.05) is 25.1 Å². The number of hydrogen-bond donors (Lipinski definition) is 1. The minimum Gasteiger partial charge on any atom is -0.496 e. The summed E-state index contributed by atoms with van der Waals surface area (Å²) in [5, 5.41) is 2.86. The molecule has 0 aliphatic carbocycles. The summed E-state index contributed by atoms with van der Waals surface area (Å²) in [5.74, 6) is 0.352. The zero-order valence-corrected chi connectivity index (χ0v) is 18.1. The van der Waals surface area contributed by atoms with Crippen molar-refractivity contribution in [2.75, 3.05) is 25.6 Å². The van der Waals surface area contributed by atoms with Gasteiger partial charge in [0.15, 0.2) is 6.61 Å². The molecule has 2 aromatic rings. The Labute approximate surface area is 176 Å². The van der Waals surface area contributed by atoms with Crippen LogP contribution in [0.2, 0.25) is 5.02 Å². The van der Waals surface area contributed by atoms with Crippen molar-refractivity contribution in [3.63, 3.8) is 0 Å². The highest BCUT2D eigenvalue weighted by Gasteiger charge is 2.18. The SMILES string of the molecule is CCOC(=O)c1cc(Cl)c(NC(=O)COc2ccc(C(C)C)c(C)c2)cc1OC. The lowest BCUT2D eigenvalue weighted by Crippen LogP contribution is -2.20. The highest BCUT2D eigenvalue weighted by atomic mass is 35.5. The first-order valence-corrected chi connectivity index (χ1v) is 9.72. The Morgan fingerprint density at radius 1 is 1.17 bits per heavy atom. The van der Waals surface area contributed by atoms with E-state index in [1.165, 1.54) is 24.8 Å². The monoisotopic (exact) mass is 419 g/mol. The van der Waals surface area contributed by atoms with Crippen LogP contribution in [0.1, 0.15) is 48.2 Å². The smallest absolute Gasteiger partial charge is 0.341 e. The number of aryl methyl sites for hydroxylation is 1. The second-order valence-corrected chi connectivity index (χ2v) is 7.17. The predicted molar refractivity (Wildman–Crippen MR) is 113 cm³/mol. The van der Waals surface area contributed by atoms with Gasteiger partial charge in [-0.1, -0.05) is 31.5 Å². The van der Waals surface area contributed by atoms with Crippen LogP contribution in [0.3, 0.4) is 0 Å². The molecule has 0 spiro atoms. The van der Waals surface area contributed by atoms with Crippen molar-refractivity contribution >= 4 is 29.2 Å². The average molecular weight is 420 g/mol. The highest BCUT2D eigenvalue weighted by molar-refractivity contribution is 6.34. The van der Waals surface area contributed by atoms with Gasteiger partial charge in [0.25, 0.3) is 5.91 Å². The minimum absolute atomic E-state index is 0.182. The van der Waals surface area contributed by atoms with Gasteiger partial charge in [-0.3, -0.25) is 4.79 Å². The second-order valence-electron chi connectivity index (χ2n) is 6.76. The number of nitrogens with one attached hydrogen (secondary N) is 1. The maximum Gasteiger partial charge on any atom is 0.341 e. The van der Waals surface area contributed by atoms with E-state index < -0.39 is 5.97 Å². The van der Waals surface area contributed by atoms with E-state index in [0.717, 1.165) is 5.56 Å². The number of esters is 1. The van der Waals surface area contributed by atoms with Gasteiger partial charge in [0.1, 0.15) is 17.1 Å². The van der Waals surface area contributed by atoms with Crippen LogP contribution < -0.4 is 14.8 Å². The number of anilines is 1. The van der Waals surface area contributed by atoms with E-state index >= 15 is 0 Å². The Kier molecular flexibility index (Phi) is 7.91. The summed E-state index contributed by atoms with van der Waals surface area (Å²) in [5.41, 5.74) is 2.86. The zero-order chi connectivity index (χ0) is 21.6. The average Bonchev–Trinajstić information content (AvgIpc) is 2.67. The highest BCUT2D eigenvalue weighted by Crippen LogP contribution is 2.31. The van der Waals surface area contributed by atoms with Crippen molar-refractivity contribution < 1.29 is 23.8 Å². The van der Waals surface area contributed by atoms with Crippen molar-refractivity contribution in [1.29, 1.82) is 0 Å². The molecule has 7 heteroatoms. The van der Waals surface area contributed by atoms with Crippen LogP contribution in [-0.2, 0) is 9.53 Å². The first-order chi connectivity index (χ1) is 13.8. The molecule has 29 heavy (non-hydrogen) atoms. The van der Waals surface area contributed by atoms with E-state index in [1.54, 1.807) is 6.92 Å². The van der Waals surface area contributed by atoms with Gasteiger partial charge in [-0.25, -0.2) is 4.79 Å². The maximum absolute atomic E-state index is 12.3. The molecule has 0 aromatic heterocycles. The van der Waals surface area contributed by atoms with E-state index in [-0.39, 0.29) is 35.5 Å². The van der Waals surface area contributed by atoms with Gasteiger partial charge in [0, 0.05) is 6.07 Å². The molecule has 0 aliphatic heterocycles. The lowest BCUT2D eigenvalue weighted by molar-refractivity contribution is -0.118. The van der Waals surface area contributed by atoms with Crippen LogP contribution >= 0.6 is 11.6 Å². The zero-order valence-electron chi connectivity index (χ0n) is 17.3. The molecule has 0 heterocycles.